The maximum absolute atomic E-state index is 14.3. The lowest BCUT2D eigenvalue weighted by Crippen LogP contribution is -2.47. The molecule has 1 saturated heterocycles. The Hall–Kier alpha value is -4.22. The van der Waals surface area contributed by atoms with Gasteiger partial charge in [0.05, 0.1) is 30.9 Å². The summed E-state index contributed by atoms with van der Waals surface area (Å²) in [7, 11) is 0. The van der Waals surface area contributed by atoms with Crippen molar-refractivity contribution >= 4 is 11.7 Å². The summed E-state index contributed by atoms with van der Waals surface area (Å²) in [6.07, 6.45) is 7.58. The number of aliphatic hydroxyl groups is 1. The Bertz CT molecular complexity index is 1740. The molecule has 2 fully saturated rings. The lowest BCUT2D eigenvalue weighted by molar-refractivity contribution is 0.0272. The Morgan fingerprint density at radius 3 is 2.58 bits per heavy atom. The Kier molecular flexibility index (Phi) is 9.76. The first-order chi connectivity index (χ1) is 23.5. The highest BCUT2D eigenvalue weighted by Crippen LogP contribution is 2.38. The van der Waals surface area contributed by atoms with Gasteiger partial charge < -0.3 is 20.9 Å². The number of halogens is 1. The quantitative estimate of drug-likeness (QED) is 0.206. The topological polar surface area (TPSA) is 117 Å². The first-order valence-corrected chi connectivity index (χ1v) is 17.0. The number of hydrogen-bond donors (Lipinski definition) is 3. The molecule has 4 aromatic rings. The average molecular weight is 651 g/mol. The van der Waals surface area contributed by atoms with Gasteiger partial charge in [0.2, 0.25) is 5.95 Å². The average Bonchev–Trinajstić information content (AvgIpc) is 3.75. The molecule has 3 aliphatic rings. The van der Waals surface area contributed by atoms with Crippen LogP contribution in [0.15, 0.2) is 73.1 Å². The fourth-order valence-electron chi connectivity index (χ4n) is 7.53. The van der Waals surface area contributed by atoms with Crippen LogP contribution < -0.4 is 11.1 Å². The van der Waals surface area contributed by atoms with E-state index in [-0.39, 0.29) is 41.6 Å². The van der Waals surface area contributed by atoms with Crippen molar-refractivity contribution in [3.05, 3.63) is 101 Å². The number of pyridine rings is 2. The molecule has 2 aromatic carbocycles. The Morgan fingerprint density at radius 1 is 0.979 bits per heavy atom. The van der Waals surface area contributed by atoms with Gasteiger partial charge in [-0.1, -0.05) is 42.5 Å². The number of carbonyl (C=O) groups excluding carboxylic acids is 1. The first kappa shape index (κ1) is 32.3. The molecule has 48 heavy (non-hydrogen) atoms. The Morgan fingerprint density at radius 2 is 1.79 bits per heavy atom. The van der Waals surface area contributed by atoms with Crippen LogP contribution in [0.1, 0.15) is 58.8 Å². The minimum Gasteiger partial charge on any atom is -0.395 e. The van der Waals surface area contributed by atoms with Crippen LogP contribution in [0.4, 0.5) is 10.2 Å². The number of nitrogen functional groups attached to an aromatic ring is 1. The van der Waals surface area contributed by atoms with Gasteiger partial charge in [-0.25, -0.2) is 9.97 Å². The Labute approximate surface area is 281 Å². The van der Waals surface area contributed by atoms with Crippen LogP contribution in [0.3, 0.4) is 0 Å². The fourth-order valence-corrected chi connectivity index (χ4v) is 7.53. The molecule has 7 rings (SSSR count). The maximum atomic E-state index is 14.3. The van der Waals surface area contributed by atoms with Crippen molar-refractivity contribution in [2.75, 3.05) is 45.1 Å². The van der Waals surface area contributed by atoms with Crippen molar-refractivity contribution in [2.45, 2.75) is 56.9 Å². The van der Waals surface area contributed by atoms with Gasteiger partial charge in [0.25, 0.3) is 5.91 Å². The number of ether oxygens (including phenoxy) is 1. The zero-order chi connectivity index (χ0) is 33.0. The smallest absolute Gasteiger partial charge is 0.255 e. The highest BCUT2D eigenvalue weighted by atomic mass is 19.1. The van der Waals surface area contributed by atoms with Gasteiger partial charge in [-0.3, -0.25) is 14.6 Å². The molecule has 1 saturated carbocycles. The number of rotatable bonds is 10. The molecular formula is C38H43FN6O3. The molecule has 0 radical (unpaired) electrons. The SMILES string of the molecule is Nc1ncc(-c2cccnc2F)cc1C(=O)N[C@H]1CCC[C@@H]1OCc1ccc(-c2ccc3c(c2)CCC3N2CCN(CCO)CC2)cc1. The van der Waals surface area contributed by atoms with E-state index in [2.05, 4.69) is 67.5 Å². The third-order valence-corrected chi connectivity index (χ3v) is 10.2. The van der Waals surface area contributed by atoms with Crippen molar-refractivity contribution in [1.82, 2.24) is 25.1 Å². The number of benzene rings is 2. The van der Waals surface area contributed by atoms with E-state index in [4.69, 9.17) is 10.5 Å². The van der Waals surface area contributed by atoms with Gasteiger partial charge in [0, 0.05) is 62.3 Å². The maximum Gasteiger partial charge on any atom is 0.255 e. The summed E-state index contributed by atoms with van der Waals surface area (Å²) in [4.78, 5) is 26.1. The van der Waals surface area contributed by atoms with Crippen LogP contribution in [-0.4, -0.2) is 82.3 Å². The van der Waals surface area contributed by atoms with Gasteiger partial charge in [-0.15, -0.1) is 0 Å². The van der Waals surface area contributed by atoms with E-state index in [0.29, 0.717) is 18.2 Å². The highest BCUT2D eigenvalue weighted by molar-refractivity contribution is 5.99. The number of nitrogens with zero attached hydrogens (tertiary/aromatic N) is 4. The number of nitrogens with two attached hydrogens (primary N) is 1. The molecule has 1 amide bonds. The second-order valence-corrected chi connectivity index (χ2v) is 13.1. The number of anilines is 1. The number of β-amino-alcohol motifs (C(OH)–C–C–N with tert-alkyl or cyclic N) is 1. The predicted molar refractivity (Wildman–Crippen MR) is 184 cm³/mol. The van der Waals surface area contributed by atoms with E-state index in [1.54, 1.807) is 18.2 Å². The monoisotopic (exact) mass is 650 g/mol. The number of hydrogen-bond acceptors (Lipinski definition) is 8. The van der Waals surface area contributed by atoms with Crippen LogP contribution >= 0.6 is 0 Å². The van der Waals surface area contributed by atoms with Crippen molar-refractivity contribution in [3.8, 4) is 22.3 Å². The molecule has 10 heteroatoms. The minimum atomic E-state index is -0.630. The van der Waals surface area contributed by atoms with Gasteiger partial charge in [0.1, 0.15) is 5.82 Å². The number of carbonyl (C=O) groups is 1. The molecule has 4 N–H and O–H groups in total. The summed E-state index contributed by atoms with van der Waals surface area (Å²) in [5, 5.41) is 12.3. The summed E-state index contributed by atoms with van der Waals surface area (Å²) >= 11 is 0. The van der Waals surface area contributed by atoms with Crippen LogP contribution in [-0.2, 0) is 17.8 Å². The standard InChI is InChI=1S/C38H43FN6O3/c39-36-31(3-2-14-41-36)29-22-32(37(40)42-23-29)38(47)43-33-4-1-5-35(33)48-24-25-6-8-26(9-7-25)27-10-12-30-28(21-27)11-13-34(30)45-17-15-44(16-18-45)19-20-46/h2-3,6-10,12,14,21-23,33-35,46H,1,4-5,11,13,15-20,24H2,(H2,40,42)(H,43,47)/t33-,34?,35-/m0/s1. The van der Waals surface area contributed by atoms with E-state index in [1.165, 1.54) is 41.1 Å². The zero-order valence-electron chi connectivity index (χ0n) is 27.2. The van der Waals surface area contributed by atoms with Crippen molar-refractivity contribution in [3.63, 3.8) is 0 Å². The van der Waals surface area contributed by atoms with Crippen LogP contribution in [0.5, 0.6) is 0 Å². The third kappa shape index (κ3) is 6.98. The second-order valence-electron chi connectivity index (χ2n) is 13.1. The van der Waals surface area contributed by atoms with Crippen LogP contribution in [0.25, 0.3) is 22.3 Å². The number of aryl methyl sites for hydroxylation is 1. The molecule has 1 unspecified atom stereocenters. The fraction of sp³-hybridized carbons (Fsp3) is 0.395. The van der Waals surface area contributed by atoms with E-state index >= 15 is 0 Å². The lowest BCUT2D eigenvalue weighted by atomic mass is 9.98. The Balaban J connectivity index is 0.944. The summed E-state index contributed by atoms with van der Waals surface area (Å²) < 4.78 is 20.6. The summed E-state index contributed by atoms with van der Waals surface area (Å²) in [5.41, 5.74) is 13.4. The molecule has 3 heterocycles. The second kappa shape index (κ2) is 14.5. The number of nitrogens with one attached hydrogen (secondary N) is 1. The molecule has 2 aromatic heterocycles. The number of amides is 1. The van der Waals surface area contributed by atoms with Crippen LogP contribution in [0.2, 0.25) is 0 Å². The molecule has 1 aliphatic heterocycles. The van der Waals surface area contributed by atoms with E-state index in [0.717, 1.165) is 64.0 Å². The van der Waals surface area contributed by atoms with Crippen molar-refractivity contribution in [2.24, 2.45) is 0 Å². The number of piperazine rings is 1. The molecule has 0 spiro atoms. The molecule has 2 aliphatic carbocycles. The van der Waals surface area contributed by atoms with Gasteiger partial charge in [-0.05, 0) is 78.1 Å². The minimum absolute atomic E-state index is 0.0904. The largest absolute Gasteiger partial charge is 0.395 e. The molecule has 9 nitrogen and oxygen atoms in total. The van der Waals surface area contributed by atoms with E-state index < -0.39 is 5.95 Å². The lowest BCUT2D eigenvalue weighted by Gasteiger charge is -2.38. The first-order valence-electron chi connectivity index (χ1n) is 17.0. The predicted octanol–water partition coefficient (Wildman–Crippen LogP) is 5.00. The molecule has 250 valence electrons. The van der Waals surface area contributed by atoms with E-state index in [1.807, 2.05) is 0 Å². The van der Waals surface area contributed by atoms with E-state index in [9.17, 15) is 14.3 Å². The van der Waals surface area contributed by atoms with Gasteiger partial charge in [-0.2, -0.15) is 4.39 Å². The third-order valence-electron chi connectivity index (χ3n) is 10.2. The highest BCUT2D eigenvalue weighted by Gasteiger charge is 2.32. The normalized spacial score (nSPS) is 21.3. The van der Waals surface area contributed by atoms with Gasteiger partial charge >= 0.3 is 0 Å². The number of aliphatic hydroxyl groups excluding tert-OH is 1. The van der Waals surface area contributed by atoms with Gasteiger partial charge in [0.15, 0.2) is 0 Å². The number of fused-ring (bicyclic) bond motifs is 1. The summed E-state index contributed by atoms with van der Waals surface area (Å²) in [6.45, 7) is 5.61. The van der Waals surface area contributed by atoms with Crippen molar-refractivity contribution < 1.29 is 19.0 Å². The number of aromatic nitrogens is 2. The summed E-state index contributed by atoms with van der Waals surface area (Å²) in [5.74, 6) is -0.889. The molecular weight excluding hydrogens is 607 g/mol. The van der Waals surface area contributed by atoms with Crippen LogP contribution in [0, 0.1) is 5.95 Å². The zero-order valence-corrected chi connectivity index (χ0v) is 27.2. The molecule has 3 atom stereocenters. The summed E-state index contributed by atoms with van der Waals surface area (Å²) in [6, 6.07) is 20.6. The van der Waals surface area contributed by atoms with Crippen molar-refractivity contribution in [1.29, 1.82) is 0 Å². The molecule has 0 bridgehead atoms.